The summed E-state index contributed by atoms with van der Waals surface area (Å²) >= 11 is 0. The van der Waals surface area contributed by atoms with E-state index in [1.165, 1.54) is 27.8 Å². The molecule has 1 aliphatic rings. The number of carbonyl (C=O) groups is 9. The van der Waals surface area contributed by atoms with Crippen molar-refractivity contribution in [2.24, 2.45) is 0 Å². The molecule has 0 aromatic carbocycles. The van der Waals surface area contributed by atoms with Gasteiger partial charge >= 0.3 is 23.9 Å². The number of esters is 4. The third kappa shape index (κ3) is 13.0. The highest BCUT2D eigenvalue weighted by Gasteiger charge is 2.52. The zero-order valence-corrected chi connectivity index (χ0v) is 26.7. The van der Waals surface area contributed by atoms with Crippen molar-refractivity contribution < 1.29 is 66.8 Å². The molecule has 19 heteroatoms. The van der Waals surface area contributed by atoms with Crippen molar-refractivity contribution in [3.8, 4) is 0 Å². The van der Waals surface area contributed by atoms with Crippen LogP contribution < -0.4 is 26.6 Å². The molecule has 1 saturated heterocycles. The van der Waals surface area contributed by atoms with Crippen LogP contribution in [0.2, 0.25) is 0 Å². The molecule has 8 atom stereocenters. The van der Waals surface area contributed by atoms with Crippen LogP contribution in [0.3, 0.4) is 0 Å². The molecule has 1 heterocycles. The van der Waals surface area contributed by atoms with E-state index >= 15 is 0 Å². The normalized spacial score (nSPS) is 22.3. The SMILES string of the molecule is CNC(=O)[C@H](C)NC(=O)[C@H](CC(=O)N[C@H]1O[C@H](COC(C)=O)[C@H](OC(C)=O)[C@H](OC(C)=O)[C@H]1OC(C)=O)NC(=O)[C@H](C)NC(C)=O. The number of hydrogen-bond acceptors (Lipinski definition) is 14. The van der Waals surface area contributed by atoms with Crippen LogP contribution in [0, 0.1) is 0 Å². The van der Waals surface area contributed by atoms with Gasteiger partial charge in [-0.25, -0.2) is 0 Å². The first-order valence-electron chi connectivity index (χ1n) is 14.0. The molecule has 1 rings (SSSR count). The predicted molar refractivity (Wildman–Crippen MR) is 152 cm³/mol. The average Bonchev–Trinajstić information content (AvgIpc) is 2.92. The van der Waals surface area contributed by atoms with Crippen molar-refractivity contribution in [3.63, 3.8) is 0 Å². The second-order valence-corrected chi connectivity index (χ2v) is 10.2. The molecule has 19 nitrogen and oxygen atoms in total. The van der Waals surface area contributed by atoms with E-state index in [2.05, 4.69) is 26.6 Å². The Kier molecular flexibility index (Phi) is 15.5. The van der Waals surface area contributed by atoms with Gasteiger partial charge in [-0.05, 0) is 13.8 Å². The van der Waals surface area contributed by atoms with Gasteiger partial charge in [0.05, 0.1) is 6.42 Å². The van der Waals surface area contributed by atoms with Crippen LogP contribution in [-0.4, -0.2) is 116 Å². The molecular formula is C27H41N5O14. The molecule has 0 radical (unpaired) electrons. The summed E-state index contributed by atoms with van der Waals surface area (Å²) in [6.45, 7) is 7.46. The molecule has 46 heavy (non-hydrogen) atoms. The Morgan fingerprint density at radius 1 is 0.652 bits per heavy atom. The van der Waals surface area contributed by atoms with Crippen LogP contribution in [0.1, 0.15) is 54.9 Å². The molecular weight excluding hydrogens is 618 g/mol. The van der Waals surface area contributed by atoms with Gasteiger partial charge in [0.15, 0.2) is 24.5 Å². The average molecular weight is 660 g/mol. The van der Waals surface area contributed by atoms with E-state index in [-0.39, 0.29) is 0 Å². The third-order valence-electron chi connectivity index (χ3n) is 6.13. The summed E-state index contributed by atoms with van der Waals surface area (Å²) < 4.78 is 26.7. The second kappa shape index (κ2) is 18.2. The summed E-state index contributed by atoms with van der Waals surface area (Å²) in [6, 6.07) is -3.80. The van der Waals surface area contributed by atoms with Crippen molar-refractivity contribution in [2.75, 3.05) is 13.7 Å². The first-order chi connectivity index (χ1) is 21.4. The summed E-state index contributed by atoms with van der Waals surface area (Å²) in [4.78, 5) is 110. The van der Waals surface area contributed by atoms with E-state index in [0.29, 0.717) is 0 Å². The second-order valence-electron chi connectivity index (χ2n) is 10.2. The van der Waals surface area contributed by atoms with E-state index in [0.717, 1.165) is 27.7 Å². The van der Waals surface area contributed by atoms with Crippen molar-refractivity contribution in [2.45, 2.75) is 104 Å². The molecule has 0 unspecified atom stereocenters. The minimum Gasteiger partial charge on any atom is -0.463 e. The number of amides is 5. The molecule has 0 bridgehead atoms. The molecule has 1 fully saturated rings. The predicted octanol–water partition coefficient (Wildman–Crippen LogP) is -3.16. The van der Waals surface area contributed by atoms with Gasteiger partial charge in [0, 0.05) is 41.7 Å². The summed E-state index contributed by atoms with van der Waals surface area (Å²) in [5, 5.41) is 11.7. The first kappa shape index (κ1) is 39.2. The Morgan fingerprint density at radius 2 is 1.17 bits per heavy atom. The van der Waals surface area contributed by atoms with Crippen LogP contribution in [0.25, 0.3) is 0 Å². The topological polar surface area (TPSA) is 260 Å². The fraction of sp³-hybridized carbons (Fsp3) is 0.667. The number of ether oxygens (including phenoxy) is 5. The highest BCUT2D eigenvalue weighted by Crippen LogP contribution is 2.28. The van der Waals surface area contributed by atoms with Crippen LogP contribution >= 0.6 is 0 Å². The molecule has 0 aromatic heterocycles. The summed E-state index contributed by atoms with van der Waals surface area (Å²) in [6.07, 6.45) is -8.46. The van der Waals surface area contributed by atoms with Crippen LogP contribution in [-0.2, 0) is 66.8 Å². The monoisotopic (exact) mass is 659 g/mol. The summed E-state index contributed by atoms with van der Waals surface area (Å²) in [5.41, 5.74) is 0. The molecule has 0 aliphatic carbocycles. The van der Waals surface area contributed by atoms with E-state index in [1.54, 1.807) is 0 Å². The lowest BCUT2D eigenvalue weighted by molar-refractivity contribution is -0.257. The Balaban J connectivity index is 3.43. The Morgan fingerprint density at radius 3 is 1.67 bits per heavy atom. The number of likely N-dealkylation sites (N-methyl/N-ethyl adjacent to an activating group) is 1. The summed E-state index contributed by atoms with van der Waals surface area (Å²) in [7, 11) is 1.33. The zero-order chi connectivity index (χ0) is 35.3. The maximum absolute atomic E-state index is 13.3. The molecule has 0 spiro atoms. The molecule has 0 aromatic rings. The highest BCUT2D eigenvalue weighted by atomic mass is 16.7. The fourth-order valence-electron chi connectivity index (χ4n) is 4.22. The van der Waals surface area contributed by atoms with Crippen LogP contribution in [0.15, 0.2) is 0 Å². The van der Waals surface area contributed by atoms with Crippen molar-refractivity contribution >= 4 is 53.4 Å². The third-order valence-corrected chi connectivity index (χ3v) is 6.13. The Bertz CT molecular complexity index is 1190. The van der Waals surface area contributed by atoms with E-state index in [4.69, 9.17) is 23.7 Å². The smallest absolute Gasteiger partial charge is 0.303 e. The van der Waals surface area contributed by atoms with Gasteiger partial charge in [-0.1, -0.05) is 0 Å². The Hall–Kier alpha value is -4.81. The minimum absolute atomic E-state index is 0.543. The van der Waals surface area contributed by atoms with Crippen LogP contribution in [0.4, 0.5) is 0 Å². The van der Waals surface area contributed by atoms with E-state index < -0.39 is 115 Å². The summed E-state index contributed by atoms with van der Waals surface area (Å²) in [5.74, 6) is -7.31. The highest BCUT2D eigenvalue weighted by molar-refractivity contribution is 5.96. The van der Waals surface area contributed by atoms with Gasteiger partial charge in [0.2, 0.25) is 29.5 Å². The largest absolute Gasteiger partial charge is 0.463 e. The van der Waals surface area contributed by atoms with Gasteiger partial charge in [-0.15, -0.1) is 0 Å². The lowest BCUT2D eigenvalue weighted by atomic mass is 9.97. The first-order valence-corrected chi connectivity index (χ1v) is 14.0. The lowest BCUT2D eigenvalue weighted by Gasteiger charge is -2.44. The molecule has 258 valence electrons. The fourth-order valence-corrected chi connectivity index (χ4v) is 4.22. The maximum Gasteiger partial charge on any atom is 0.303 e. The van der Waals surface area contributed by atoms with Gasteiger partial charge in [-0.3, -0.25) is 43.2 Å². The molecule has 0 saturated carbocycles. The van der Waals surface area contributed by atoms with E-state index in [9.17, 15) is 43.2 Å². The zero-order valence-electron chi connectivity index (χ0n) is 26.7. The standard InChI is InChI=1S/C27H41N5O14/c1-11(24(39)28-8)30-26(41)18(31-25(40)12(2)29-13(3)33)9-20(38)32-27-23(45-17(7)37)22(44-16(6)36)21(43-15(5)35)19(46-27)10-42-14(4)34/h11-12,18-19,21-23,27H,9-10H2,1-8H3,(H,28,39)(H,29,33)(H,30,41)(H,31,40)(H,32,38)/t11-,12-,18-,19+,21-,22-,23+,27-/m0/s1. The Labute approximate surface area is 264 Å². The van der Waals surface area contributed by atoms with Crippen molar-refractivity contribution in [3.05, 3.63) is 0 Å². The molecule has 1 aliphatic heterocycles. The number of hydrogen-bond donors (Lipinski definition) is 5. The molecule has 5 N–H and O–H groups in total. The van der Waals surface area contributed by atoms with Gasteiger partial charge < -0.3 is 50.3 Å². The van der Waals surface area contributed by atoms with Crippen molar-refractivity contribution in [1.82, 2.24) is 26.6 Å². The van der Waals surface area contributed by atoms with Crippen molar-refractivity contribution in [1.29, 1.82) is 0 Å². The van der Waals surface area contributed by atoms with E-state index in [1.807, 2.05) is 0 Å². The van der Waals surface area contributed by atoms with Gasteiger partial charge in [-0.2, -0.15) is 0 Å². The maximum atomic E-state index is 13.3. The minimum atomic E-state index is -1.64. The van der Waals surface area contributed by atoms with Gasteiger partial charge in [0.25, 0.3) is 0 Å². The number of rotatable bonds is 14. The number of carbonyl (C=O) groups excluding carboxylic acids is 9. The number of nitrogens with one attached hydrogen (secondary N) is 5. The quantitative estimate of drug-likeness (QED) is 0.0911. The lowest BCUT2D eigenvalue weighted by Crippen LogP contribution is -2.66. The van der Waals surface area contributed by atoms with Crippen LogP contribution in [0.5, 0.6) is 0 Å². The molecule has 5 amide bonds. The van der Waals surface area contributed by atoms with Gasteiger partial charge in [0.1, 0.15) is 30.8 Å².